The van der Waals surface area contributed by atoms with Crippen LogP contribution >= 0.6 is 0 Å². The van der Waals surface area contributed by atoms with E-state index >= 15 is 0 Å². The summed E-state index contributed by atoms with van der Waals surface area (Å²) in [6.45, 7) is 0.666. The van der Waals surface area contributed by atoms with Crippen molar-refractivity contribution in [3.63, 3.8) is 0 Å². The van der Waals surface area contributed by atoms with Crippen LogP contribution in [-0.2, 0) is 4.74 Å². The predicted octanol–water partition coefficient (Wildman–Crippen LogP) is 0.589. The number of rotatable bonds is 6. The third kappa shape index (κ3) is 3.21. The lowest BCUT2D eigenvalue weighted by Gasteiger charge is -2.10. The second kappa shape index (κ2) is 6.61. The molecule has 0 saturated heterocycles. The van der Waals surface area contributed by atoms with Crippen LogP contribution in [0.5, 0.6) is 11.5 Å². The van der Waals surface area contributed by atoms with Gasteiger partial charge in [0.25, 0.3) is 5.91 Å². The van der Waals surface area contributed by atoms with Gasteiger partial charge in [-0.15, -0.1) is 0 Å². The summed E-state index contributed by atoms with van der Waals surface area (Å²) < 4.78 is 9.68. The molecule has 0 saturated carbocycles. The average Bonchev–Trinajstić information content (AvgIpc) is 2.39. The average molecular weight is 253 g/mol. The molecular weight excluding hydrogens is 238 g/mol. The molecule has 0 aromatic heterocycles. The summed E-state index contributed by atoms with van der Waals surface area (Å²) in [4.78, 5) is 22.5. The number of carbonyl (C=O) groups is 2. The van der Waals surface area contributed by atoms with Gasteiger partial charge in [0, 0.05) is 19.2 Å². The molecule has 1 amide bonds. The molecule has 0 unspecified atom stereocenters. The Morgan fingerprint density at radius 1 is 1.44 bits per heavy atom. The van der Waals surface area contributed by atoms with Gasteiger partial charge in [0.2, 0.25) is 0 Å². The molecule has 0 aliphatic heterocycles. The summed E-state index contributed by atoms with van der Waals surface area (Å²) in [7, 11) is 2.86. The number of amides is 1. The molecule has 0 spiro atoms. The molecule has 0 aliphatic rings. The Morgan fingerprint density at radius 3 is 2.72 bits per heavy atom. The van der Waals surface area contributed by atoms with Crippen molar-refractivity contribution in [1.82, 2.24) is 5.32 Å². The Balaban J connectivity index is 2.99. The maximum absolute atomic E-state index is 11.8. The summed E-state index contributed by atoms with van der Waals surface area (Å²) in [5.74, 6) is -0.707. The smallest absolute Gasteiger partial charge is 0.255 e. The highest BCUT2D eigenvalue weighted by Crippen LogP contribution is 2.30. The maximum atomic E-state index is 11.8. The zero-order valence-electron chi connectivity index (χ0n) is 10.2. The normalized spacial score (nSPS) is 9.89. The fourth-order valence-electron chi connectivity index (χ4n) is 1.39. The number of ether oxygens (including phenoxy) is 2. The van der Waals surface area contributed by atoms with Gasteiger partial charge in [-0.25, -0.2) is 0 Å². The largest absolute Gasteiger partial charge is 0.504 e. The SMILES string of the molecule is COCCNC(=O)c1cc(C=O)cc(OC)c1O. The molecule has 98 valence electrons. The Labute approximate surface area is 105 Å². The minimum absolute atomic E-state index is 0.00690. The van der Waals surface area contributed by atoms with Crippen LogP contribution in [0.25, 0.3) is 0 Å². The van der Waals surface area contributed by atoms with E-state index in [0.717, 1.165) is 0 Å². The molecule has 1 aromatic carbocycles. The third-order valence-corrected chi connectivity index (χ3v) is 2.29. The number of phenols is 1. The van der Waals surface area contributed by atoms with Crippen LogP contribution in [0.2, 0.25) is 0 Å². The van der Waals surface area contributed by atoms with E-state index in [0.29, 0.717) is 19.4 Å². The number of carbonyl (C=O) groups excluding carboxylic acids is 2. The Hall–Kier alpha value is -2.08. The molecule has 1 aromatic rings. The standard InChI is InChI=1S/C12H15NO5/c1-17-4-3-13-12(16)9-5-8(7-14)6-10(18-2)11(9)15/h5-7,15H,3-4H2,1-2H3,(H,13,16). The number of methoxy groups -OCH3 is 2. The predicted molar refractivity (Wildman–Crippen MR) is 64.3 cm³/mol. The molecule has 6 nitrogen and oxygen atoms in total. The molecule has 0 radical (unpaired) electrons. The van der Waals surface area contributed by atoms with E-state index in [2.05, 4.69) is 5.32 Å². The van der Waals surface area contributed by atoms with Gasteiger partial charge in [-0.3, -0.25) is 9.59 Å². The van der Waals surface area contributed by atoms with Crippen molar-refractivity contribution in [1.29, 1.82) is 0 Å². The summed E-state index contributed by atoms with van der Waals surface area (Å²) in [6, 6.07) is 2.65. The molecule has 0 heterocycles. The lowest BCUT2D eigenvalue weighted by Crippen LogP contribution is -2.27. The van der Waals surface area contributed by atoms with Crippen LogP contribution in [0.15, 0.2) is 12.1 Å². The van der Waals surface area contributed by atoms with Crippen LogP contribution in [0, 0.1) is 0 Å². The van der Waals surface area contributed by atoms with Crippen molar-refractivity contribution in [3.05, 3.63) is 23.3 Å². The number of nitrogens with one attached hydrogen (secondary N) is 1. The van der Waals surface area contributed by atoms with Gasteiger partial charge < -0.3 is 19.9 Å². The number of hydrogen-bond acceptors (Lipinski definition) is 5. The summed E-state index contributed by atoms with van der Waals surface area (Å²) >= 11 is 0. The van der Waals surface area contributed by atoms with Gasteiger partial charge in [0.05, 0.1) is 19.3 Å². The molecule has 0 fully saturated rings. The zero-order valence-corrected chi connectivity index (χ0v) is 10.2. The molecular formula is C12H15NO5. The van der Waals surface area contributed by atoms with Crippen molar-refractivity contribution in [2.75, 3.05) is 27.4 Å². The summed E-state index contributed by atoms with van der Waals surface area (Å²) in [5, 5.41) is 12.4. The first-order valence-corrected chi connectivity index (χ1v) is 5.27. The van der Waals surface area contributed by atoms with Gasteiger partial charge >= 0.3 is 0 Å². The van der Waals surface area contributed by atoms with Crippen molar-refractivity contribution >= 4 is 12.2 Å². The van der Waals surface area contributed by atoms with Gasteiger partial charge in [0.1, 0.15) is 6.29 Å². The van der Waals surface area contributed by atoms with Gasteiger partial charge in [-0.2, -0.15) is 0 Å². The topological polar surface area (TPSA) is 84.9 Å². The summed E-state index contributed by atoms with van der Waals surface area (Å²) in [6.07, 6.45) is 0.577. The molecule has 0 aliphatic carbocycles. The number of hydrogen-bond donors (Lipinski definition) is 2. The van der Waals surface area contributed by atoms with Crippen molar-refractivity contribution in [2.45, 2.75) is 0 Å². The highest BCUT2D eigenvalue weighted by molar-refractivity contribution is 5.99. The van der Waals surface area contributed by atoms with Gasteiger partial charge in [0.15, 0.2) is 11.5 Å². The minimum Gasteiger partial charge on any atom is -0.504 e. The van der Waals surface area contributed by atoms with Crippen molar-refractivity contribution in [3.8, 4) is 11.5 Å². The lowest BCUT2D eigenvalue weighted by atomic mass is 10.1. The van der Waals surface area contributed by atoms with Crippen LogP contribution in [-0.4, -0.2) is 44.7 Å². The number of benzene rings is 1. The van der Waals surface area contributed by atoms with Crippen molar-refractivity contribution in [2.24, 2.45) is 0 Å². The fraction of sp³-hybridized carbons (Fsp3) is 0.333. The van der Waals surface area contributed by atoms with E-state index in [-0.39, 0.29) is 22.6 Å². The highest BCUT2D eigenvalue weighted by atomic mass is 16.5. The van der Waals surface area contributed by atoms with Crippen LogP contribution in [0.3, 0.4) is 0 Å². The van der Waals surface area contributed by atoms with E-state index in [4.69, 9.17) is 9.47 Å². The first-order valence-electron chi connectivity index (χ1n) is 5.27. The molecule has 0 atom stereocenters. The molecule has 0 bridgehead atoms. The Kier molecular flexibility index (Phi) is 5.13. The van der Waals surface area contributed by atoms with Gasteiger partial charge in [-0.1, -0.05) is 0 Å². The van der Waals surface area contributed by atoms with Crippen molar-refractivity contribution < 1.29 is 24.2 Å². The molecule has 2 N–H and O–H groups in total. The molecule has 1 rings (SSSR count). The Bertz CT molecular complexity index is 444. The van der Waals surface area contributed by atoms with Crippen LogP contribution in [0.4, 0.5) is 0 Å². The lowest BCUT2D eigenvalue weighted by molar-refractivity contribution is 0.0934. The minimum atomic E-state index is -0.494. The Morgan fingerprint density at radius 2 is 2.17 bits per heavy atom. The van der Waals surface area contributed by atoms with E-state index < -0.39 is 5.91 Å². The van der Waals surface area contributed by atoms with E-state index in [1.165, 1.54) is 26.4 Å². The first-order chi connectivity index (χ1) is 8.63. The maximum Gasteiger partial charge on any atom is 0.255 e. The van der Waals surface area contributed by atoms with E-state index in [9.17, 15) is 14.7 Å². The quantitative estimate of drug-likeness (QED) is 0.572. The molecule has 6 heteroatoms. The van der Waals surface area contributed by atoms with E-state index in [1.54, 1.807) is 0 Å². The number of aromatic hydroxyl groups is 1. The fourth-order valence-corrected chi connectivity index (χ4v) is 1.39. The summed E-state index contributed by atoms with van der Waals surface area (Å²) in [5.41, 5.74) is 0.245. The monoisotopic (exact) mass is 253 g/mol. The number of phenolic OH excluding ortho intramolecular Hbond substituents is 1. The number of aldehydes is 1. The van der Waals surface area contributed by atoms with Gasteiger partial charge in [-0.05, 0) is 12.1 Å². The molecule has 18 heavy (non-hydrogen) atoms. The third-order valence-electron chi connectivity index (χ3n) is 2.29. The second-order valence-corrected chi connectivity index (χ2v) is 3.49. The van der Waals surface area contributed by atoms with Crippen LogP contribution in [0.1, 0.15) is 20.7 Å². The zero-order chi connectivity index (χ0) is 13.5. The first kappa shape index (κ1) is 14.0. The second-order valence-electron chi connectivity index (χ2n) is 3.49. The van der Waals surface area contributed by atoms with Crippen LogP contribution < -0.4 is 10.1 Å². The van der Waals surface area contributed by atoms with E-state index in [1.807, 2.05) is 0 Å². The highest BCUT2D eigenvalue weighted by Gasteiger charge is 2.16.